The average molecular weight is 425 g/mol. The van der Waals surface area contributed by atoms with E-state index in [2.05, 4.69) is 48.5 Å². The van der Waals surface area contributed by atoms with Crippen molar-refractivity contribution >= 4 is 11.8 Å². The van der Waals surface area contributed by atoms with Crippen molar-refractivity contribution in [3.05, 3.63) is 107 Å². The summed E-state index contributed by atoms with van der Waals surface area (Å²) in [5, 5.41) is 0. The van der Waals surface area contributed by atoms with Gasteiger partial charge in [-0.05, 0) is 48.2 Å². The van der Waals surface area contributed by atoms with Crippen LogP contribution in [0.15, 0.2) is 84.9 Å². The Bertz CT molecular complexity index is 991. The Morgan fingerprint density at radius 2 is 0.938 bits per heavy atom. The summed E-state index contributed by atoms with van der Waals surface area (Å²) >= 11 is 0. The quantitative estimate of drug-likeness (QED) is 0.595. The van der Waals surface area contributed by atoms with E-state index in [1.54, 1.807) is 24.3 Å². The first-order valence-electron chi connectivity index (χ1n) is 11.5. The predicted molar refractivity (Wildman–Crippen MR) is 126 cm³/mol. The fraction of sp³-hybridized carbons (Fsp3) is 0.286. The van der Waals surface area contributed by atoms with Gasteiger partial charge in [-0.15, -0.1) is 0 Å². The second kappa shape index (κ2) is 8.99. The molecule has 2 atom stereocenters. The highest BCUT2D eigenvalue weighted by atomic mass is 16.2. The third kappa shape index (κ3) is 4.18. The van der Waals surface area contributed by atoms with Crippen LogP contribution < -0.4 is 0 Å². The molecule has 0 radical (unpaired) electrons. The van der Waals surface area contributed by atoms with Crippen molar-refractivity contribution < 1.29 is 9.59 Å². The number of carbonyl (C=O) groups is 2. The number of benzene rings is 3. The Morgan fingerprint density at radius 3 is 1.31 bits per heavy atom. The average Bonchev–Trinajstić information content (AvgIpc) is 3.55. The van der Waals surface area contributed by atoms with Crippen LogP contribution in [0, 0.1) is 0 Å². The van der Waals surface area contributed by atoms with Gasteiger partial charge in [-0.3, -0.25) is 9.59 Å². The number of hydrogen-bond donors (Lipinski definition) is 0. The molecule has 3 aromatic carbocycles. The molecule has 2 saturated heterocycles. The second-order valence-corrected chi connectivity index (χ2v) is 8.87. The van der Waals surface area contributed by atoms with E-state index >= 15 is 0 Å². The van der Waals surface area contributed by atoms with Crippen LogP contribution in [0.3, 0.4) is 0 Å². The van der Waals surface area contributed by atoms with E-state index in [-0.39, 0.29) is 11.8 Å². The fourth-order valence-corrected chi connectivity index (χ4v) is 5.00. The summed E-state index contributed by atoms with van der Waals surface area (Å²) in [6.07, 6.45) is 1.98. The zero-order valence-corrected chi connectivity index (χ0v) is 18.2. The summed E-state index contributed by atoms with van der Waals surface area (Å²) < 4.78 is 0. The molecule has 0 aromatic heterocycles. The van der Waals surface area contributed by atoms with Gasteiger partial charge in [0.05, 0.1) is 0 Å². The van der Waals surface area contributed by atoms with Crippen LogP contribution in [-0.4, -0.2) is 47.8 Å². The molecule has 32 heavy (non-hydrogen) atoms. The maximum atomic E-state index is 13.0. The highest BCUT2D eigenvalue weighted by Crippen LogP contribution is 2.29. The zero-order chi connectivity index (χ0) is 21.9. The van der Waals surface area contributed by atoms with Gasteiger partial charge in [0.1, 0.15) is 0 Å². The van der Waals surface area contributed by atoms with E-state index < -0.39 is 0 Å². The normalized spacial score (nSPS) is 20.5. The lowest BCUT2D eigenvalue weighted by atomic mass is 9.99. The second-order valence-electron chi connectivity index (χ2n) is 8.87. The van der Waals surface area contributed by atoms with Gasteiger partial charge in [0.2, 0.25) is 0 Å². The Hall–Kier alpha value is -3.40. The molecule has 0 N–H and O–H groups in total. The highest BCUT2D eigenvalue weighted by Gasteiger charge is 2.29. The Balaban J connectivity index is 1.21. The standard InChI is InChI=1S/C28H28N2O2/c31-27(29-17-15-25(19-29)21-7-3-1-4-8-21)23-11-13-24(14-12-23)28(32)30-18-16-26(20-30)22-9-5-2-6-10-22/h1-14,25-26H,15-20H2/t25-,26-/m0/s1. The molecule has 5 rings (SSSR count). The van der Waals surface area contributed by atoms with Gasteiger partial charge < -0.3 is 9.80 Å². The number of nitrogens with zero attached hydrogens (tertiary/aromatic N) is 2. The Morgan fingerprint density at radius 1 is 0.562 bits per heavy atom. The molecule has 4 heteroatoms. The van der Waals surface area contributed by atoms with Crippen LogP contribution in [0.4, 0.5) is 0 Å². The van der Waals surface area contributed by atoms with Gasteiger partial charge in [-0.2, -0.15) is 0 Å². The molecular weight excluding hydrogens is 396 g/mol. The number of carbonyl (C=O) groups excluding carboxylic acids is 2. The molecule has 0 bridgehead atoms. The molecule has 0 spiro atoms. The summed E-state index contributed by atoms with van der Waals surface area (Å²) in [6.45, 7) is 3.04. The molecule has 0 unspecified atom stereocenters. The maximum Gasteiger partial charge on any atom is 0.253 e. The molecule has 4 nitrogen and oxygen atoms in total. The first-order chi connectivity index (χ1) is 15.7. The van der Waals surface area contributed by atoms with E-state index in [1.807, 2.05) is 21.9 Å². The first-order valence-corrected chi connectivity index (χ1v) is 11.5. The van der Waals surface area contributed by atoms with Crippen LogP contribution >= 0.6 is 0 Å². The Labute approximate surface area is 189 Å². The first kappa shape index (κ1) is 20.5. The van der Waals surface area contributed by atoms with Gasteiger partial charge in [-0.25, -0.2) is 0 Å². The molecule has 2 fully saturated rings. The molecule has 0 saturated carbocycles. The van der Waals surface area contributed by atoms with E-state index in [4.69, 9.17) is 0 Å². The van der Waals surface area contributed by atoms with Crippen LogP contribution in [0.5, 0.6) is 0 Å². The maximum absolute atomic E-state index is 13.0. The summed E-state index contributed by atoms with van der Waals surface area (Å²) in [6, 6.07) is 28.0. The monoisotopic (exact) mass is 424 g/mol. The van der Waals surface area contributed by atoms with E-state index in [9.17, 15) is 9.59 Å². The van der Waals surface area contributed by atoms with Crippen molar-refractivity contribution in [1.29, 1.82) is 0 Å². The third-order valence-electron chi connectivity index (χ3n) is 6.87. The SMILES string of the molecule is O=C(c1ccc(C(=O)N2CC[C@H](c3ccccc3)C2)cc1)N1CC[C@H](c2ccccc2)C1. The smallest absolute Gasteiger partial charge is 0.253 e. The highest BCUT2D eigenvalue weighted by molar-refractivity contribution is 5.98. The van der Waals surface area contributed by atoms with Crippen molar-refractivity contribution in [3.63, 3.8) is 0 Å². The van der Waals surface area contributed by atoms with Gasteiger partial charge in [0, 0.05) is 49.1 Å². The van der Waals surface area contributed by atoms with Crippen molar-refractivity contribution in [3.8, 4) is 0 Å². The minimum Gasteiger partial charge on any atom is -0.338 e. The molecule has 2 aliphatic heterocycles. The zero-order valence-electron chi connectivity index (χ0n) is 18.2. The lowest BCUT2D eigenvalue weighted by Crippen LogP contribution is -2.29. The van der Waals surface area contributed by atoms with Crippen molar-refractivity contribution in [2.75, 3.05) is 26.2 Å². The molecule has 2 heterocycles. The minimum atomic E-state index is 0.0488. The third-order valence-corrected chi connectivity index (χ3v) is 6.87. The van der Waals surface area contributed by atoms with Crippen LogP contribution in [-0.2, 0) is 0 Å². The largest absolute Gasteiger partial charge is 0.338 e. The minimum absolute atomic E-state index is 0.0488. The van der Waals surface area contributed by atoms with E-state index in [0.717, 1.165) is 39.0 Å². The Kier molecular flexibility index (Phi) is 5.76. The van der Waals surface area contributed by atoms with Crippen molar-refractivity contribution in [2.24, 2.45) is 0 Å². The lowest BCUT2D eigenvalue weighted by Gasteiger charge is -2.18. The van der Waals surface area contributed by atoms with Crippen LogP contribution in [0.2, 0.25) is 0 Å². The number of likely N-dealkylation sites (tertiary alicyclic amines) is 2. The predicted octanol–water partition coefficient (Wildman–Crippen LogP) is 4.95. The van der Waals surface area contributed by atoms with Crippen molar-refractivity contribution in [1.82, 2.24) is 9.80 Å². The lowest BCUT2D eigenvalue weighted by molar-refractivity contribution is 0.0779. The van der Waals surface area contributed by atoms with Gasteiger partial charge in [0.15, 0.2) is 0 Å². The topological polar surface area (TPSA) is 40.6 Å². The van der Waals surface area contributed by atoms with Gasteiger partial charge in [0.25, 0.3) is 11.8 Å². The van der Waals surface area contributed by atoms with Gasteiger partial charge >= 0.3 is 0 Å². The van der Waals surface area contributed by atoms with E-state index in [0.29, 0.717) is 23.0 Å². The van der Waals surface area contributed by atoms with Crippen LogP contribution in [0.1, 0.15) is 56.5 Å². The van der Waals surface area contributed by atoms with E-state index in [1.165, 1.54) is 11.1 Å². The van der Waals surface area contributed by atoms with Gasteiger partial charge in [-0.1, -0.05) is 60.7 Å². The molecule has 2 amide bonds. The summed E-state index contributed by atoms with van der Waals surface area (Å²) in [5.74, 6) is 0.892. The summed E-state index contributed by atoms with van der Waals surface area (Å²) in [7, 11) is 0. The molecular formula is C28H28N2O2. The number of amides is 2. The van der Waals surface area contributed by atoms with Crippen molar-refractivity contribution in [2.45, 2.75) is 24.7 Å². The van der Waals surface area contributed by atoms with Crippen LogP contribution in [0.25, 0.3) is 0 Å². The molecule has 2 aliphatic rings. The summed E-state index contributed by atoms with van der Waals surface area (Å²) in [5.41, 5.74) is 3.89. The molecule has 162 valence electrons. The molecule has 3 aromatic rings. The molecule has 0 aliphatic carbocycles. The number of rotatable bonds is 4. The number of hydrogen-bond acceptors (Lipinski definition) is 2. The fourth-order valence-electron chi connectivity index (χ4n) is 5.00. The summed E-state index contributed by atoms with van der Waals surface area (Å²) in [4.78, 5) is 29.8.